The van der Waals surface area contributed by atoms with Gasteiger partial charge in [-0.2, -0.15) is 5.10 Å². The zero-order valence-corrected chi connectivity index (χ0v) is 7.24. The van der Waals surface area contributed by atoms with E-state index in [2.05, 4.69) is 30.9 Å². The monoisotopic (exact) mass is 166 g/mol. The highest BCUT2D eigenvalue weighted by molar-refractivity contribution is 5.79. The van der Waals surface area contributed by atoms with E-state index in [9.17, 15) is 0 Å². The first-order chi connectivity index (χ1) is 5.68. The number of aromatic nitrogens is 4. The molecule has 1 aromatic rings. The van der Waals surface area contributed by atoms with Crippen LogP contribution in [0.2, 0.25) is 0 Å². The van der Waals surface area contributed by atoms with Crippen LogP contribution >= 0.6 is 0 Å². The minimum Gasteiger partial charge on any atom is -0.243 e. The van der Waals surface area contributed by atoms with E-state index >= 15 is 0 Å². The summed E-state index contributed by atoms with van der Waals surface area (Å²) in [4.78, 5) is 0. The van der Waals surface area contributed by atoms with Gasteiger partial charge in [0.25, 0.3) is 5.95 Å². The molecule has 0 atom stereocenters. The van der Waals surface area contributed by atoms with Crippen molar-refractivity contribution in [3.8, 4) is 0 Å². The van der Waals surface area contributed by atoms with Crippen molar-refractivity contribution in [1.82, 2.24) is 20.4 Å². The molecule has 1 aromatic heterocycles. The Morgan fingerprint density at radius 3 is 2.25 bits per heavy atom. The van der Waals surface area contributed by atoms with Gasteiger partial charge in [0.05, 0.1) is 0 Å². The summed E-state index contributed by atoms with van der Waals surface area (Å²) < 4.78 is 0. The molecular formula is C6H10N6. The van der Waals surface area contributed by atoms with Crippen molar-refractivity contribution in [3.63, 3.8) is 0 Å². The Morgan fingerprint density at radius 1 is 1.17 bits per heavy atom. The molecule has 0 saturated carbocycles. The van der Waals surface area contributed by atoms with Crippen LogP contribution in [-0.2, 0) is 0 Å². The number of rotatable bonds is 2. The first-order valence-corrected chi connectivity index (χ1v) is 3.49. The van der Waals surface area contributed by atoms with Gasteiger partial charge in [0, 0.05) is 5.71 Å². The minimum absolute atomic E-state index is 0.307. The molecular weight excluding hydrogens is 156 g/mol. The van der Waals surface area contributed by atoms with E-state index in [1.54, 1.807) is 6.92 Å². The fourth-order valence-electron chi connectivity index (χ4n) is 0.486. The van der Waals surface area contributed by atoms with Crippen LogP contribution in [0.25, 0.3) is 0 Å². The summed E-state index contributed by atoms with van der Waals surface area (Å²) in [6, 6.07) is 0. The van der Waals surface area contributed by atoms with E-state index in [0.29, 0.717) is 11.8 Å². The fourth-order valence-corrected chi connectivity index (χ4v) is 0.486. The lowest BCUT2D eigenvalue weighted by Gasteiger charge is -1.95. The second-order valence-electron chi connectivity index (χ2n) is 2.44. The first-order valence-electron chi connectivity index (χ1n) is 3.49. The predicted molar refractivity (Wildman–Crippen MR) is 44.8 cm³/mol. The standard InChI is InChI=1S/C6H10N6/c1-4(2)7-10-6-11-8-5(3)9-12-6/h1-3H3,(H,10,11,12). The Kier molecular flexibility index (Phi) is 2.62. The van der Waals surface area contributed by atoms with Crippen LogP contribution in [0.3, 0.4) is 0 Å². The largest absolute Gasteiger partial charge is 0.282 e. The van der Waals surface area contributed by atoms with Gasteiger partial charge in [-0.1, -0.05) is 0 Å². The van der Waals surface area contributed by atoms with Gasteiger partial charge in [0.2, 0.25) is 0 Å². The molecule has 0 aliphatic rings. The number of anilines is 1. The number of nitrogens with zero attached hydrogens (tertiary/aromatic N) is 5. The summed E-state index contributed by atoms with van der Waals surface area (Å²) in [5, 5.41) is 18.7. The molecule has 0 saturated heterocycles. The summed E-state index contributed by atoms with van der Waals surface area (Å²) >= 11 is 0. The molecule has 0 bridgehead atoms. The number of hydrazone groups is 1. The smallest absolute Gasteiger partial charge is 0.243 e. The molecule has 0 aliphatic heterocycles. The Bertz CT molecular complexity index is 273. The molecule has 0 fully saturated rings. The van der Waals surface area contributed by atoms with E-state index in [1.807, 2.05) is 13.8 Å². The third-order valence-electron chi connectivity index (χ3n) is 0.958. The van der Waals surface area contributed by atoms with Crippen molar-refractivity contribution < 1.29 is 0 Å². The molecule has 0 aliphatic carbocycles. The second kappa shape index (κ2) is 3.70. The number of hydrogen-bond acceptors (Lipinski definition) is 6. The van der Waals surface area contributed by atoms with E-state index in [0.717, 1.165) is 5.71 Å². The Labute approximate surface area is 70.1 Å². The van der Waals surface area contributed by atoms with Crippen molar-refractivity contribution in [2.75, 3.05) is 5.43 Å². The van der Waals surface area contributed by atoms with E-state index < -0.39 is 0 Å². The molecule has 64 valence electrons. The third-order valence-corrected chi connectivity index (χ3v) is 0.958. The van der Waals surface area contributed by atoms with Crippen LogP contribution < -0.4 is 5.43 Å². The lowest BCUT2D eigenvalue weighted by Crippen LogP contribution is -2.03. The summed E-state index contributed by atoms with van der Waals surface area (Å²) in [7, 11) is 0. The highest BCUT2D eigenvalue weighted by atomic mass is 15.4. The summed E-state index contributed by atoms with van der Waals surface area (Å²) in [6.45, 7) is 5.45. The topological polar surface area (TPSA) is 76.0 Å². The zero-order valence-electron chi connectivity index (χ0n) is 7.24. The van der Waals surface area contributed by atoms with Crippen LogP contribution in [-0.4, -0.2) is 26.1 Å². The van der Waals surface area contributed by atoms with E-state index in [-0.39, 0.29) is 0 Å². The maximum absolute atomic E-state index is 3.89. The number of hydrogen-bond donors (Lipinski definition) is 1. The highest BCUT2D eigenvalue weighted by Gasteiger charge is 1.93. The maximum Gasteiger partial charge on any atom is 0.282 e. The van der Waals surface area contributed by atoms with Crippen molar-refractivity contribution >= 4 is 11.7 Å². The van der Waals surface area contributed by atoms with Crippen molar-refractivity contribution in [2.45, 2.75) is 20.8 Å². The van der Waals surface area contributed by atoms with Gasteiger partial charge in [0.1, 0.15) is 0 Å². The van der Waals surface area contributed by atoms with Crippen LogP contribution in [0.1, 0.15) is 19.7 Å². The Hall–Kier alpha value is -1.59. The van der Waals surface area contributed by atoms with Crippen LogP contribution in [0, 0.1) is 6.92 Å². The summed E-state index contributed by atoms with van der Waals surface area (Å²) in [5.74, 6) is 0.847. The van der Waals surface area contributed by atoms with Crippen molar-refractivity contribution in [3.05, 3.63) is 5.82 Å². The summed E-state index contributed by atoms with van der Waals surface area (Å²) in [6.07, 6.45) is 0. The van der Waals surface area contributed by atoms with Crippen LogP contribution in [0.4, 0.5) is 5.95 Å². The molecule has 0 radical (unpaired) electrons. The average molecular weight is 166 g/mol. The molecule has 12 heavy (non-hydrogen) atoms. The molecule has 1 N–H and O–H groups in total. The quantitative estimate of drug-likeness (QED) is 0.507. The van der Waals surface area contributed by atoms with Crippen LogP contribution in [0.15, 0.2) is 5.10 Å². The lowest BCUT2D eigenvalue weighted by atomic mass is 10.5. The van der Waals surface area contributed by atoms with Gasteiger partial charge >= 0.3 is 0 Å². The Morgan fingerprint density at radius 2 is 1.75 bits per heavy atom. The van der Waals surface area contributed by atoms with Crippen molar-refractivity contribution in [2.24, 2.45) is 5.10 Å². The average Bonchev–Trinajstić information content (AvgIpc) is 2.03. The predicted octanol–water partition coefficient (Wildman–Crippen LogP) is 0.383. The SMILES string of the molecule is CC(C)=NNc1nnc(C)nn1. The van der Waals surface area contributed by atoms with Gasteiger partial charge < -0.3 is 0 Å². The molecule has 0 unspecified atom stereocenters. The molecule has 0 aromatic carbocycles. The second-order valence-corrected chi connectivity index (χ2v) is 2.44. The molecule has 6 nitrogen and oxygen atoms in total. The molecule has 0 spiro atoms. The van der Waals surface area contributed by atoms with Gasteiger partial charge in [-0.3, -0.25) is 0 Å². The van der Waals surface area contributed by atoms with Gasteiger partial charge in [0.15, 0.2) is 5.82 Å². The molecule has 1 rings (SSSR count). The first kappa shape index (κ1) is 8.51. The van der Waals surface area contributed by atoms with Gasteiger partial charge in [-0.25, -0.2) is 5.43 Å². The van der Waals surface area contributed by atoms with Crippen molar-refractivity contribution in [1.29, 1.82) is 0 Å². The van der Waals surface area contributed by atoms with Gasteiger partial charge in [-0.15, -0.1) is 20.4 Å². The van der Waals surface area contributed by atoms with E-state index in [4.69, 9.17) is 0 Å². The molecule has 6 heteroatoms. The van der Waals surface area contributed by atoms with Gasteiger partial charge in [-0.05, 0) is 20.8 Å². The third kappa shape index (κ3) is 2.57. The fraction of sp³-hybridized carbons (Fsp3) is 0.500. The highest BCUT2D eigenvalue weighted by Crippen LogP contribution is 1.91. The Balaban J connectivity index is 2.65. The minimum atomic E-state index is 0.307. The van der Waals surface area contributed by atoms with E-state index in [1.165, 1.54) is 0 Å². The normalized spacial score (nSPS) is 9.25. The maximum atomic E-state index is 3.89. The lowest BCUT2D eigenvalue weighted by molar-refractivity contribution is 0.809. The molecule has 0 amide bonds. The van der Waals surface area contributed by atoms with Crippen LogP contribution in [0.5, 0.6) is 0 Å². The summed E-state index contributed by atoms with van der Waals surface area (Å²) in [5.41, 5.74) is 3.50. The number of aryl methyl sites for hydroxylation is 1. The molecule has 1 heterocycles. The number of nitrogens with one attached hydrogen (secondary N) is 1. The zero-order chi connectivity index (χ0) is 8.97.